The summed E-state index contributed by atoms with van der Waals surface area (Å²) in [4.78, 5) is 0. The molecule has 3 aromatic rings. The predicted octanol–water partition coefficient (Wildman–Crippen LogP) is 6.05. The van der Waals surface area contributed by atoms with Crippen LogP contribution in [0.2, 0.25) is 0 Å². The Bertz CT molecular complexity index is 795. The molecule has 0 unspecified atom stereocenters. The Labute approximate surface area is 150 Å². The van der Waals surface area contributed by atoms with E-state index in [0.29, 0.717) is 6.61 Å². The van der Waals surface area contributed by atoms with E-state index >= 15 is 0 Å². The zero-order valence-electron chi connectivity index (χ0n) is 12.7. The van der Waals surface area contributed by atoms with Crippen LogP contribution in [0.25, 0.3) is 16.7 Å². The summed E-state index contributed by atoms with van der Waals surface area (Å²) in [6.45, 7) is 4.60. The van der Waals surface area contributed by atoms with Gasteiger partial charge in [-0.1, -0.05) is 73.3 Å². The van der Waals surface area contributed by atoms with Crippen molar-refractivity contribution >= 4 is 28.2 Å². The second kappa shape index (κ2) is 7.47. The highest BCUT2D eigenvalue weighted by Crippen LogP contribution is 2.28. The molecule has 0 radical (unpaired) electrons. The van der Waals surface area contributed by atoms with Crippen molar-refractivity contribution in [1.82, 2.24) is 0 Å². The van der Waals surface area contributed by atoms with Gasteiger partial charge in [-0.3, -0.25) is 0 Å². The van der Waals surface area contributed by atoms with E-state index in [2.05, 4.69) is 77.7 Å². The van der Waals surface area contributed by atoms with Crippen LogP contribution in [-0.4, -0.2) is 6.61 Å². The maximum Gasteiger partial charge on any atom is 0.133 e. The van der Waals surface area contributed by atoms with Gasteiger partial charge in [0.1, 0.15) is 12.4 Å². The average Bonchev–Trinajstić information content (AvgIpc) is 2.62. The number of hydrogen-bond acceptors (Lipinski definition) is 1. The average molecular weight is 412 g/mol. The Morgan fingerprint density at radius 3 is 2.13 bits per heavy atom. The topological polar surface area (TPSA) is 9.23 Å². The van der Waals surface area contributed by atoms with Gasteiger partial charge in [0.2, 0.25) is 0 Å². The first-order valence-corrected chi connectivity index (χ1v) is 8.53. The van der Waals surface area contributed by atoms with Gasteiger partial charge in [-0.15, -0.1) is 0 Å². The lowest BCUT2D eigenvalue weighted by Crippen LogP contribution is -2.01. The third-order valence-corrected chi connectivity index (χ3v) is 4.47. The molecular formula is C21H17IO. The molecule has 0 N–H and O–H groups in total. The molecule has 0 heterocycles. The number of halogens is 1. The van der Waals surface area contributed by atoms with Crippen LogP contribution < -0.4 is 4.74 Å². The highest BCUT2D eigenvalue weighted by molar-refractivity contribution is 14.1. The molecule has 0 aliphatic rings. The first-order valence-electron chi connectivity index (χ1n) is 7.45. The van der Waals surface area contributed by atoms with E-state index in [-0.39, 0.29) is 0 Å². The summed E-state index contributed by atoms with van der Waals surface area (Å²) in [6.07, 6.45) is 0. The van der Waals surface area contributed by atoms with Crippen molar-refractivity contribution in [1.29, 1.82) is 0 Å². The van der Waals surface area contributed by atoms with Crippen LogP contribution in [0.4, 0.5) is 0 Å². The molecule has 114 valence electrons. The summed E-state index contributed by atoms with van der Waals surface area (Å²) in [5, 5.41) is 0. The van der Waals surface area contributed by atoms with E-state index in [4.69, 9.17) is 4.74 Å². The number of ether oxygens (including phenoxy) is 1. The van der Waals surface area contributed by atoms with Crippen molar-refractivity contribution in [3.8, 4) is 16.9 Å². The normalized spacial score (nSPS) is 10.3. The molecule has 0 aromatic heterocycles. The molecule has 1 nitrogen and oxygen atoms in total. The molecule has 0 saturated carbocycles. The van der Waals surface area contributed by atoms with Gasteiger partial charge in [0.15, 0.2) is 0 Å². The van der Waals surface area contributed by atoms with Crippen molar-refractivity contribution < 1.29 is 4.74 Å². The van der Waals surface area contributed by atoms with Crippen LogP contribution in [0.1, 0.15) is 5.56 Å². The molecule has 2 heteroatoms. The minimum absolute atomic E-state index is 0.491. The largest absolute Gasteiger partial charge is 0.488 e. The molecule has 0 amide bonds. The van der Waals surface area contributed by atoms with Gasteiger partial charge in [0.05, 0.1) is 3.57 Å². The summed E-state index contributed by atoms with van der Waals surface area (Å²) < 4.78 is 7.04. The monoisotopic (exact) mass is 412 g/mol. The van der Waals surface area contributed by atoms with Crippen molar-refractivity contribution in [3.63, 3.8) is 0 Å². The number of hydrogen-bond donors (Lipinski definition) is 0. The molecule has 3 rings (SSSR count). The lowest BCUT2D eigenvalue weighted by atomic mass is 10.1. The summed E-state index contributed by atoms with van der Waals surface area (Å²) in [6, 6.07) is 26.8. The van der Waals surface area contributed by atoms with E-state index in [1.54, 1.807) is 0 Å². The lowest BCUT2D eigenvalue weighted by Gasteiger charge is -2.12. The second-order valence-corrected chi connectivity index (χ2v) is 6.43. The summed E-state index contributed by atoms with van der Waals surface area (Å²) in [5.74, 6) is 0.891. The molecule has 0 bridgehead atoms. The van der Waals surface area contributed by atoms with E-state index in [1.165, 1.54) is 11.1 Å². The van der Waals surface area contributed by atoms with E-state index in [9.17, 15) is 0 Å². The fourth-order valence-corrected chi connectivity index (χ4v) is 3.02. The SMILES string of the molecule is C=C(COc1ccc(-c2ccccc2)cc1I)c1ccccc1. The highest BCUT2D eigenvalue weighted by Gasteiger charge is 2.06. The molecule has 23 heavy (non-hydrogen) atoms. The summed E-state index contributed by atoms with van der Waals surface area (Å²) >= 11 is 2.32. The van der Waals surface area contributed by atoms with E-state index in [1.807, 2.05) is 30.3 Å². The minimum atomic E-state index is 0.491. The highest BCUT2D eigenvalue weighted by atomic mass is 127. The van der Waals surface area contributed by atoms with Crippen LogP contribution in [-0.2, 0) is 0 Å². The first kappa shape index (κ1) is 15.8. The Balaban J connectivity index is 1.71. The third kappa shape index (κ3) is 4.02. The van der Waals surface area contributed by atoms with Crippen LogP contribution in [0.5, 0.6) is 5.75 Å². The van der Waals surface area contributed by atoms with Crippen molar-refractivity contribution in [2.24, 2.45) is 0 Å². The van der Waals surface area contributed by atoms with Gasteiger partial charge >= 0.3 is 0 Å². The zero-order valence-corrected chi connectivity index (χ0v) is 14.9. The summed E-state index contributed by atoms with van der Waals surface area (Å²) in [7, 11) is 0. The molecule has 0 atom stereocenters. The Morgan fingerprint density at radius 1 is 0.826 bits per heavy atom. The smallest absolute Gasteiger partial charge is 0.133 e. The van der Waals surface area contributed by atoms with Crippen molar-refractivity contribution in [2.75, 3.05) is 6.61 Å². The minimum Gasteiger partial charge on any atom is -0.488 e. The molecule has 3 aromatic carbocycles. The van der Waals surface area contributed by atoms with Crippen LogP contribution >= 0.6 is 22.6 Å². The second-order valence-electron chi connectivity index (χ2n) is 5.27. The third-order valence-electron chi connectivity index (χ3n) is 3.62. The zero-order chi connectivity index (χ0) is 16.1. The number of rotatable bonds is 5. The van der Waals surface area contributed by atoms with Crippen LogP contribution in [0.3, 0.4) is 0 Å². The van der Waals surface area contributed by atoms with E-state index in [0.717, 1.165) is 20.5 Å². The fraction of sp³-hybridized carbons (Fsp3) is 0.0476. The molecular weight excluding hydrogens is 395 g/mol. The molecule has 0 spiro atoms. The summed E-state index contributed by atoms with van der Waals surface area (Å²) in [5.41, 5.74) is 4.51. The van der Waals surface area contributed by atoms with Gasteiger partial charge in [-0.25, -0.2) is 0 Å². The molecule has 0 aliphatic heterocycles. The van der Waals surface area contributed by atoms with Gasteiger partial charge in [-0.2, -0.15) is 0 Å². The van der Waals surface area contributed by atoms with Gasteiger partial charge in [-0.05, 0) is 57.0 Å². The maximum absolute atomic E-state index is 5.94. The first-order chi connectivity index (χ1) is 11.2. The Morgan fingerprint density at radius 2 is 1.48 bits per heavy atom. The Kier molecular flexibility index (Phi) is 5.13. The van der Waals surface area contributed by atoms with Crippen LogP contribution in [0, 0.1) is 3.57 Å². The molecule has 0 saturated heterocycles. The quantitative estimate of drug-likeness (QED) is 0.464. The maximum atomic E-state index is 5.94. The van der Waals surface area contributed by atoms with Gasteiger partial charge < -0.3 is 4.74 Å². The van der Waals surface area contributed by atoms with Crippen molar-refractivity contribution in [2.45, 2.75) is 0 Å². The molecule has 0 aliphatic carbocycles. The fourth-order valence-electron chi connectivity index (χ4n) is 2.35. The van der Waals surface area contributed by atoms with Crippen molar-refractivity contribution in [3.05, 3.63) is 94.6 Å². The molecule has 0 fully saturated rings. The number of benzene rings is 3. The van der Waals surface area contributed by atoms with Gasteiger partial charge in [0, 0.05) is 0 Å². The predicted molar refractivity (Wildman–Crippen MR) is 106 cm³/mol. The standard InChI is InChI=1S/C21H17IO/c1-16(17-8-4-2-5-9-17)15-23-21-13-12-19(14-20(21)22)18-10-6-3-7-11-18/h2-14H,1,15H2. The lowest BCUT2D eigenvalue weighted by molar-refractivity contribution is 0.367. The van der Waals surface area contributed by atoms with E-state index < -0.39 is 0 Å². The van der Waals surface area contributed by atoms with Crippen LogP contribution in [0.15, 0.2) is 85.4 Å². The van der Waals surface area contributed by atoms with Gasteiger partial charge in [0.25, 0.3) is 0 Å². The Hall–Kier alpha value is -2.07.